The summed E-state index contributed by atoms with van der Waals surface area (Å²) in [4.78, 5) is 2.49. The molecule has 0 amide bonds. The summed E-state index contributed by atoms with van der Waals surface area (Å²) in [5.41, 5.74) is 1.22. The molecule has 1 aromatic carbocycles. The lowest BCUT2D eigenvalue weighted by Crippen LogP contribution is -2.36. The first-order valence-corrected chi connectivity index (χ1v) is 7.50. The van der Waals surface area contributed by atoms with Gasteiger partial charge in [0, 0.05) is 17.6 Å². The molecule has 0 aliphatic carbocycles. The number of rotatable bonds is 3. The zero-order chi connectivity index (χ0) is 12.3. The Morgan fingerprint density at radius 1 is 1.41 bits per heavy atom. The van der Waals surface area contributed by atoms with Crippen LogP contribution in [0, 0.1) is 5.92 Å². The van der Waals surface area contributed by atoms with Gasteiger partial charge in [-0.15, -0.1) is 11.6 Å². The summed E-state index contributed by atoms with van der Waals surface area (Å²) >= 11 is 9.93. The molecule has 3 heteroatoms. The number of likely N-dealkylation sites (tertiary alicyclic amines) is 1. The van der Waals surface area contributed by atoms with Crippen LogP contribution in [0.3, 0.4) is 0 Å². The third-order valence-corrected chi connectivity index (χ3v) is 4.31. The highest BCUT2D eigenvalue weighted by atomic mass is 79.9. The maximum Gasteiger partial charge on any atom is 0.0712 e. The van der Waals surface area contributed by atoms with Gasteiger partial charge in [-0.3, -0.25) is 0 Å². The molecule has 0 N–H and O–H groups in total. The van der Waals surface area contributed by atoms with Gasteiger partial charge in [-0.25, -0.2) is 0 Å². The summed E-state index contributed by atoms with van der Waals surface area (Å²) in [7, 11) is 0. The highest BCUT2D eigenvalue weighted by Gasteiger charge is 2.19. The molecule has 2 unspecified atom stereocenters. The fourth-order valence-electron chi connectivity index (χ4n) is 2.46. The van der Waals surface area contributed by atoms with Crippen molar-refractivity contribution >= 4 is 27.5 Å². The minimum Gasteiger partial charge on any atom is -0.301 e. The van der Waals surface area contributed by atoms with Crippen molar-refractivity contribution in [2.45, 2.75) is 25.1 Å². The van der Waals surface area contributed by atoms with Crippen LogP contribution in [0.1, 0.15) is 30.7 Å². The van der Waals surface area contributed by atoms with Crippen molar-refractivity contribution < 1.29 is 0 Å². The van der Waals surface area contributed by atoms with E-state index < -0.39 is 0 Å². The molecule has 1 saturated heterocycles. The van der Waals surface area contributed by atoms with Gasteiger partial charge in [0.25, 0.3) is 0 Å². The monoisotopic (exact) mass is 315 g/mol. The lowest BCUT2D eigenvalue weighted by atomic mass is 10.00. The van der Waals surface area contributed by atoms with Gasteiger partial charge in [-0.2, -0.15) is 0 Å². The summed E-state index contributed by atoms with van der Waals surface area (Å²) in [5, 5.41) is 0.105. The molecule has 2 atom stereocenters. The van der Waals surface area contributed by atoms with Crippen LogP contribution in [0.5, 0.6) is 0 Å². The van der Waals surface area contributed by atoms with E-state index in [0.29, 0.717) is 0 Å². The van der Waals surface area contributed by atoms with Crippen LogP contribution in [-0.2, 0) is 0 Å². The lowest BCUT2D eigenvalue weighted by molar-refractivity contribution is 0.184. The maximum absolute atomic E-state index is 6.48. The first kappa shape index (κ1) is 13.4. The van der Waals surface area contributed by atoms with E-state index in [1.54, 1.807) is 0 Å². The predicted molar refractivity (Wildman–Crippen MR) is 77.6 cm³/mol. The molecule has 0 bridgehead atoms. The van der Waals surface area contributed by atoms with E-state index in [-0.39, 0.29) is 5.38 Å². The van der Waals surface area contributed by atoms with Crippen molar-refractivity contribution in [2.75, 3.05) is 19.6 Å². The van der Waals surface area contributed by atoms with E-state index in [2.05, 4.69) is 52.0 Å². The number of alkyl halides is 1. The zero-order valence-electron chi connectivity index (χ0n) is 10.2. The normalized spacial score (nSPS) is 23.6. The largest absolute Gasteiger partial charge is 0.301 e. The van der Waals surface area contributed by atoms with Crippen molar-refractivity contribution in [3.05, 3.63) is 34.3 Å². The maximum atomic E-state index is 6.48. The standard InChI is InChI=1S/C14H19BrClN/c1-11-3-2-8-17(9-11)10-14(16)12-4-6-13(15)7-5-12/h4-7,11,14H,2-3,8-10H2,1H3. The zero-order valence-corrected chi connectivity index (χ0v) is 12.5. The summed E-state index contributed by atoms with van der Waals surface area (Å²) in [5.74, 6) is 0.817. The summed E-state index contributed by atoms with van der Waals surface area (Å²) < 4.78 is 1.11. The Bertz CT molecular complexity index is 352. The molecular formula is C14H19BrClN. The fourth-order valence-corrected chi connectivity index (χ4v) is 3.06. The van der Waals surface area contributed by atoms with Crippen LogP contribution >= 0.6 is 27.5 Å². The van der Waals surface area contributed by atoms with Crippen LogP contribution in [0.15, 0.2) is 28.7 Å². The molecule has 2 rings (SSSR count). The second-order valence-corrected chi connectivity index (χ2v) is 6.47. The van der Waals surface area contributed by atoms with Crippen molar-refractivity contribution in [1.82, 2.24) is 4.90 Å². The first-order chi connectivity index (χ1) is 8.15. The van der Waals surface area contributed by atoms with Crippen LogP contribution in [0.4, 0.5) is 0 Å². The van der Waals surface area contributed by atoms with E-state index >= 15 is 0 Å². The van der Waals surface area contributed by atoms with E-state index in [1.807, 2.05) is 0 Å². The Morgan fingerprint density at radius 3 is 2.76 bits per heavy atom. The SMILES string of the molecule is CC1CCCN(CC(Cl)c2ccc(Br)cc2)C1. The molecular weight excluding hydrogens is 298 g/mol. The van der Waals surface area contributed by atoms with Crippen molar-refractivity contribution in [3.63, 3.8) is 0 Å². The highest BCUT2D eigenvalue weighted by Crippen LogP contribution is 2.25. The first-order valence-electron chi connectivity index (χ1n) is 6.27. The highest BCUT2D eigenvalue weighted by molar-refractivity contribution is 9.10. The van der Waals surface area contributed by atoms with Crippen LogP contribution in [0.2, 0.25) is 0 Å². The van der Waals surface area contributed by atoms with Gasteiger partial charge in [-0.1, -0.05) is 35.0 Å². The second-order valence-electron chi connectivity index (χ2n) is 5.03. The molecule has 1 aliphatic rings. The Labute approximate surface area is 117 Å². The lowest BCUT2D eigenvalue weighted by Gasteiger charge is -2.32. The molecule has 0 spiro atoms. The van der Waals surface area contributed by atoms with Gasteiger partial charge in [0.15, 0.2) is 0 Å². The van der Waals surface area contributed by atoms with Crippen molar-refractivity contribution in [1.29, 1.82) is 0 Å². The fraction of sp³-hybridized carbons (Fsp3) is 0.571. The number of halogens is 2. The Kier molecular flexibility index (Phi) is 4.89. The van der Waals surface area contributed by atoms with E-state index in [0.717, 1.165) is 16.9 Å². The summed E-state index contributed by atoms with van der Waals surface area (Å²) in [6, 6.07) is 8.33. The molecule has 0 radical (unpaired) electrons. The Morgan fingerprint density at radius 2 is 2.12 bits per heavy atom. The van der Waals surface area contributed by atoms with E-state index in [9.17, 15) is 0 Å². The summed E-state index contributed by atoms with van der Waals surface area (Å²) in [6.07, 6.45) is 2.67. The quantitative estimate of drug-likeness (QED) is 0.744. The molecule has 1 fully saturated rings. The van der Waals surface area contributed by atoms with E-state index in [4.69, 9.17) is 11.6 Å². The minimum absolute atomic E-state index is 0.105. The number of hydrogen-bond donors (Lipinski definition) is 0. The van der Waals surface area contributed by atoms with Gasteiger partial charge < -0.3 is 4.90 Å². The van der Waals surface area contributed by atoms with Crippen molar-refractivity contribution in [3.8, 4) is 0 Å². The summed E-state index contributed by atoms with van der Waals surface area (Å²) in [6.45, 7) is 5.69. The van der Waals surface area contributed by atoms with Crippen LogP contribution in [0.25, 0.3) is 0 Å². The average molecular weight is 317 g/mol. The predicted octanol–water partition coefficient (Wildman–Crippen LogP) is 4.46. The molecule has 1 nitrogen and oxygen atoms in total. The van der Waals surface area contributed by atoms with Crippen molar-refractivity contribution in [2.24, 2.45) is 5.92 Å². The van der Waals surface area contributed by atoms with Crippen LogP contribution in [-0.4, -0.2) is 24.5 Å². The Balaban J connectivity index is 1.91. The molecule has 1 aliphatic heterocycles. The van der Waals surface area contributed by atoms with Gasteiger partial charge in [0.05, 0.1) is 5.38 Å². The topological polar surface area (TPSA) is 3.24 Å². The van der Waals surface area contributed by atoms with Gasteiger partial charge in [0.2, 0.25) is 0 Å². The average Bonchev–Trinajstić information content (AvgIpc) is 2.29. The molecule has 1 heterocycles. The third kappa shape index (κ3) is 3.97. The second kappa shape index (κ2) is 6.21. The Hall–Kier alpha value is -0.0500. The third-order valence-electron chi connectivity index (χ3n) is 3.39. The van der Waals surface area contributed by atoms with Crippen LogP contribution < -0.4 is 0 Å². The number of piperidine rings is 1. The smallest absolute Gasteiger partial charge is 0.0712 e. The molecule has 0 saturated carbocycles. The molecule has 0 aromatic heterocycles. The number of nitrogens with zero attached hydrogens (tertiary/aromatic N) is 1. The number of hydrogen-bond acceptors (Lipinski definition) is 1. The van der Waals surface area contributed by atoms with Gasteiger partial charge >= 0.3 is 0 Å². The molecule has 17 heavy (non-hydrogen) atoms. The molecule has 1 aromatic rings. The van der Waals surface area contributed by atoms with Gasteiger partial charge in [0.1, 0.15) is 0 Å². The molecule has 94 valence electrons. The minimum atomic E-state index is 0.105. The van der Waals surface area contributed by atoms with Gasteiger partial charge in [-0.05, 0) is 43.0 Å². The van der Waals surface area contributed by atoms with E-state index in [1.165, 1.54) is 31.5 Å². The number of benzene rings is 1.